The molecule has 1 aromatic carbocycles. The fraction of sp³-hybridized carbons (Fsp3) is 0.538. The predicted octanol–water partition coefficient (Wildman–Crippen LogP) is 2.90. The fourth-order valence-corrected chi connectivity index (χ4v) is 2.79. The second-order valence-corrected chi connectivity index (χ2v) is 5.91. The maximum absolute atomic E-state index is 13.8. The van der Waals surface area contributed by atoms with Gasteiger partial charge < -0.3 is 10.8 Å². The van der Waals surface area contributed by atoms with Crippen LogP contribution in [0.3, 0.4) is 0 Å². The van der Waals surface area contributed by atoms with Gasteiger partial charge in [0, 0.05) is 18.0 Å². The Kier molecular flexibility index (Phi) is 4.04. The molecule has 1 aromatic rings. The molecule has 5 heteroatoms. The summed E-state index contributed by atoms with van der Waals surface area (Å²) < 4.78 is 27.7. The van der Waals surface area contributed by atoms with Crippen molar-refractivity contribution in [1.82, 2.24) is 0 Å². The Hall–Kier alpha value is -0.520. The highest BCUT2D eigenvalue weighted by atomic mass is 79.9. The van der Waals surface area contributed by atoms with E-state index in [1.807, 2.05) is 0 Å². The van der Waals surface area contributed by atoms with Crippen molar-refractivity contribution in [1.29, 1.82) is 0 Å². The molecule has 0 amide bonds. The van der Waals surface area contributed by atoms with Gasteiger partial charge >= 0.3 is 0 Å². The van der Waals surface area contributed by atoms with E-state index in [0.29, 0.717) is 25.7 Å². The Bertz CT molecular complexity index is 445. The average molecular weight is 320 g/mol. The van der Waals surface area contributed by atoms with Crippen LogP contribution in [0, 0.1) is 11.6 Å². The van der Waals surface area contributed by atoms with Crippen LogP contribution in [-0.2, 0) is 6.42 Å². The van der Waals surface area contributed by atoms with Crippen LogP contribution in [0.2, 0.25) is 0 Å². The smallest absolute Gasteiger partial charge is 0.143 e. The van der Waals surface area contributed by atoms with Crippen molar-refractivity contribution in [3.8, 4) is 0 Å². The van der Waals surface area contributed by atoms with Crippen LogP contribution in [-0.4, -0.2) is 16.7 Å². The molecule has 1 aliphatic rings. The first-order valence-corrected chi connectivity index (χ1v) is 6.81. The van der Waals surface area contributed by atoms with Gasteiger partial charge in [0.1, 0.15) is 11.6 Å². The molecule has 1 fully saturated rings. The van der Waals surface area contributed by atoms with Crippen molar-refractivity contribution in [3.63, 3.8) is 0 Å². The van der Waals surface area contributed by atoms with Crippen molar-refractivity contribution in [3.05, 3.63) is 33.8 Å². The summed E-state index contributed by atoms with van der Waals surface area (Å²) >= 11 is 3.03. The molecule has 0 aromatic heterocycles. The topological polar surface area (TPSA) is 46.2 Å². The summed E-state index contributed by atoms with van der Waals surface area (Å²) in [6, 6.07) is 2.62. The number of halogens is 3. The van der Waals surface area contributed by atoms with Gasteiger partial charge in [-0.3, -0.25) is 0 Å². The monoisotopic (exact) mass is 319 g/mol. The van der Waals surface area contributed by atoms with E-state index in [4.69, 9.17) is 5.73 Å². The zero-order chi connectivity index (χ0) is 13.3. The number of rotatable bonds is 2. The lowest BCUT2D eigenvalue weighted by Gasteiger charge is -2.35. The van der Waals surface area contributed by atoms with E-state index < -0.39 is 17.2 Å². The summed E-state index contributed by atoms with van der Waals surface area (Å²) in [5, 5.41) is 10.4. The van der Waals surface area contributed by atoms with Crippen LogP contribution in [0.25, 0.3) is 0 Å². The Morgan fingerprint density at radius 3 is 2.56 bits per heavy atom. The second kappa shape index (κ2) is 5.23. The summed E-state index contributed by atoms with van der Waals surface area (Å²) in [5.41, 5.74) is 4.67. The van der Waals surface area contributed by atoms with Crippen LogP contribution < -0.4 is 5.73 Å². The maximum Gasteiger partial charge on any atom is 0.143 e. The molecule has 0 spiro atoms. The molecule has 0 radical (unpaired) electrons. The number of benzene rings is 1. The Labute approximate surface area is 113 Å². The number of hydrogen-bond donors (Lipinski definition) is 2. The molecule has 0 saturated heterocycles. The van der Waals surface area contributed by atoms with Gasteiger partial charge in [-0.2, -0.15) is 0 Å². The lowest BCUT2D eigenvalue weighted by atomic mass is 9.78. The fourth-order valence-electron chi connectivity index (χ4n) is 2.41. The third kappa shape index (κ3) is 2.90. The van der Waals surface area contributed by atoms with Crippen molar-refractivity contribution in [2.24, 2.45) is 5.73 Å². The third-order valence-electron chi connectivity index (χ3n) is 3.61. The van der Waals surface area contributed by atoms with Gasteiger partial charge in [0.05, 0.1) is 10.1 Å². The Morgan fingerprint density at radius 1 is 1.33 bits per heavy atom. The van der Waals surface area contributed by atoms with Crippen molar-refractivity contribution >= 4 is 15.9 Å². The van der Waals surface area contributed by atoms with E-state index in [-0.39, 0.29) is 22.5 Å². The summed E-state index contributed by atoms with van der Waals surface area (Å²) in [5.74, 6) is -1.24. The van der Waals surface area contributed by atoms with Crippen LogP contribution in [0.1, 0.15) is 31.2 Å². The largest absolute Gasteiger partial charge is 0.390 e. The summed E-state index contributed by atoms with van der Waals surface area (Å²) in [4.78, 5) is 0. The van der Waals surface area contributed by atoms with E-state index in [0.717, 1.165) is 0 Å². The van der Waals surface area contributed by atoms with Gasteiger partial charge in [-0.15, -0.1) is 0 Å². The van der Waals surface area contributed by atoms with Crippen LogP contribution in [0.4, 0.5) is 8.78 Å². The van der Waals surface area contributed by atoms with Gasteiger partial charge in [0.2, 0.25) is 0 Å². The molecule has 1 saturated carbocycles. The van der Waals surface area contributed by atoms with Crippen LogP contribution >= 0.6 is 15.9 Å². The van der Waals surface area contributed by atoms with E-state index in [9.17, 15) is 13.9 Å². The molecule has 18 heavy (non-hydrogen) atoms. The molecule has 0 atom stereocenters. The SMILES string of the molecule is NC1CCC(O)(Cc2c(F)ccc(Br)c2F)CC1. The molecule has 1 aliphatic carbocycles. The minimum atomic E-state index is -1.04. The van der Waals surface area contributed by atoms with E-state index in [2.05, 4.69) is 15.9 Å². The number of aliphatic hydroxyl groups is 1. The standard InChI is InChI=1S/C13H16BrF2NO/c14-10-1-2-11(15)9(12(10)16)7-13(18)5-3-8(17)4-6-13/h1-2,8,18H,3-7,17H2. The van der Waals surface area contributed by atoms with Crippen molar-refractivity contribution < 1.29 is 13.9 Å². The van der Waals surface area contributed by atoms with Crippen LogP contribution in [0.5, 0.6) is 0 Å². The first-order chi connectivity index (χ1) is 8.41. The minimum Gasteiger partial charge on any atom is -0.390 e. The number of nitrogens with two attached hydrogens (primary N) is 1. The zero-order valence-electron chi connectivity index (χ0n) is 9.93. The highest BCUT2D eigenvalue weighted by Crippen LogP contribution is 2.33. The van der Waals surface area contributed by atoms with E-state index in [1.54, 1.807) is 0 Å². The van der Waals surface area contributed by atoms with Gasteiger partial charge in [0.15, 0.2) is 0 Å². The lowest BCUT2D eigenvalue weighted by Crippen LogP contribution is -2.40. The lowest BCUT2D eigenvalue weighted by molar-refractivity contribution is -0.00120. The molecular weight excluding hydrogens is 304 g/mol. The van der Waals surface area contributed by atoms with Crippen LogP contribution in [0.15, 0.2) is 16.6 Å². The molecule has 2 nitrogen and oxygen atoms in total. The minimum absolute atomic E-state index is 0.00315. The molecular formula is C13H16BrF2NO. The normalized spacial score (nSPS) is 28.4. The predicted molar refractivity (Wildman–Crippen MR) is 69.2 cm³/mol. The van der Waals surface area contributed by atoms with Crippen molar-refractivity contribution in [2.75, 3.05) is 0 Å². The summed E-state index contributed by atoms with van der Waals surface area (Å²) in [6.45, 7) is 0. The van der Waals surface area contributed by atoms with E-state index in [1.165, 1.54) is 12.1 Å². The second-order valence-electron chi connectivity index (χ2n) is 5.06. The Balaban J connectivity index is 2.21. The van der Waals surface area contributed by atoms with E-state index >= 15 is 0 Å². The highest BCUT2D eigenvalue weighted by Gasteiger charge is 2.34. The molecule has 0 heterocycles. The highest BCUT2D eigenvalue weighted by molar-refractivity contribution is 9.10. The molecule has 2 rings (SSSR count). The van der Waals surface area contributed by atoms with Gasteiger partial charge in [-0.1, -0.05) is 0 Å². The van der Waals surface area contributed by atoms with Gasteiger partial charge in [-0.25, -0.2) is 8.78 Å². The first-order valence-electron chi connectivity index (χ1n) is 6.02. The van der Waals surface area contributed by atoms with Gasteiger partial charge in [0.25, 0.3) is 0 Å². The average Bonchev–Trinajstić information content (AvgIpc) is 2.34. The summed E-state index contributed by atoms with van der Waals surface area (Å²) in [7, 11) is 0. The molecule has 3 N–H and O–H groups in total. The zero-order valence-corrected chi connectivity index (χ0v) is 11.5. The Morgan fingerprint density at radius 2 is 1.94 bits per heavy atom. The molecule has 0 bridgehead atoms. The molecule has 0 unspecified atom stereocenters. The first kappa shape index (κ1) is 13.9. The maximum atomic E-state index is 13.8. The third-order valence-corrected chi connectivity index (χ3v) is 4.22. The van der Waals surface area contributed by atoms with Crippen molar-refractivity contribution in [2.45, 2.75) is 43.7 Å². The quantitative estimate of drug-likeness (QED) is 0.823. The molecule has 0 aliphatic heterocycles. The molecule has 100 valence electrons. The van der Waals surface area contributed by atoms with Gasteiger partial charge in [-0.05, 0) is 53.7 Å². The summed E-state index contributed by atoms with van der Waals surface area (Å²) in [6.07, 6.45) is 2.34. The number of hydrogen-bond acceptors (Lipinski definition) is 2.